The van der Waals surface area contributed by atoms with Gasteiger partial charge in [-0.15, -0.1) is 0 Å². The maximum absolute atomic E-state index is 6.77. The average molecular weight is 460 g/mol. The lowest BCUT2D eigenvalue weighted by molar-refractivity contribution is -0.150. The zero-order valence-electron chi connectivity index (χ0n) is 17.9. The molecule has 0 aliphatic carbocycles. The van der Waals surface area contributed by atoms with Crippen LogP contribution in [0.3, 0.4) is 0 Å². The van der Waals surface area contributed by atoms with E-state index in [1.54, 1.807) is 7.11 Å². The molecule has 0 bridgehead atoms. The minimum atomic E-state index is -0.464. The van der Waals surface area contributed by atoms with Gasteiger partial charge in [0.2, 0.25) is 5.72 Å². The van der Waals surface area contributed by atoms with Crippen LogP contribution in [0.5, 0.6) is 11.5 Å². The predicted molar refractivity (Wildman–Crippen MR) is 125 cm³/mol. The van der Waals surface area contributed by atoms with Crippen molar-refractivity contribution in [2.45, 2.75) is 44.4 Å². The zero-order chi connectivity index (χ0) is 21.6. The monoisotopic (exact) mass is 459 g/mol. The number of nitrogens with zero attached hydrogens (tertiary/aromatic N) is 3. The molecule has 1 spiro atoms. The molecule has 0 unspecified atom stereocenters. The highest BCUT2D eigenvalue weighted by atomic mass is 35.5. The van der Waals surface area contributed by atoms with Crippen LogP contribution in [0, 0.1) is 0 Å². The molecule has 3 aliphatic rings. The van der Waals surface area contributed by atoms with Gasteiger partial charge in [0.25, 0.3) is 0 Å². The van der Waals surface area contributed by atoms with Crippen molar-refractivity contribution >= 4 is 28.9 Å². The van der Waals surface area contributed by atoms with Crippen molar-refractivity contribution in [1.29, 1.82) is 0 Å². The number of piperidine rings is 1. The number of hydrogen-bond donors (Lipinski definition) is 0. The van der Waals surface area contributed by atoms with E-state index in [0.717, 1.165) is 73.7 Å². The highest BCUT2D eigenvalue weighted by Gasteiger charge is 2.52. The lowest BCUT2D eigenvalue weighted by Gasteiger charge is -2.51. The number of ether oxygens (including phenoxy) is 2. The molecule has 0 aromatic heterocycles. The summed E-state index contributed by atoms with van der Waals surface area (Å²) in [5.41, 5.74) is 2.68. The van der Waals surface area contributed by atoms with Crippen LogP contribution in [0.2, 0.25) is 10.0 Å². The maximum atomic E-state index is 6.77. The van der Waals surface area contributed by atoms with Crippen LogP contribution in [0.1, 0.15) is 49.8 Å². The number of hydrazone groups is 1. The first-order valence-electron chi connectivity index (χ1n) is 10.9. The molecular formula is C24H27Cl2N3O2. The molecule has 0 saturated carbocycles. The van der Waals surface area contributed by atoms with Crippen LogP contribution in [0.4, 0.5) is 0 Å². The molecule has 5 nitrogen and oxygen atoms in total. The van der Waals surface area contributed by atoms with Crippen molar-refractivity contribution in [2.24, 2.45) is 5.10 Å². The van der Waals surface area contributed by atoms with Gasteiger partial charge in [0.15, 0.2) is 11.5 Å². The summed E-state index contributed by atoms with van der Waals surface area (Å²) < 4.78 is 12.4. The third-order valence-corrected chi connectivity index (χ3v) is 7.38. The summed E-state index contributed by atoms with van der Waals surface area (Å²) in [5, 5.41) is 8.44. The Morgan fingerprint density at radius 2 is 1.97 bits per heavy atom. The first kappa shape index (κ1) is 20.9. The molecule has 1 fully saturated rings. The van der Waals surface area contributed by atoms with Crippen molar-refractivity contribution in [3.05, 3.63) is 57.6 Å². The summed E-state index contributed by atoms with van der Waals surface area (Å²) in [4.78, 5) is 2.51. The fraction of sp³-hybridized carbons (Fsp3) is 0.458. The summed E-state index contributed by atoms with van der Waals surface area (Å²) in [6, 6.07) is 12.0. The van der Waals surface area contributed by atoms with Crippen LogP contribution in [0.25, 0.3) is 0 Å². The van der Waals surface area contributed by atoms with Gasteiger partial charge in [-0.1, -0.05) is 48.3 Å². The Kier molecular flexibility index (Phi) is 5.53. The molecule has 31 heavy (non-hydrogen) atoms. The fourth-order valence-electron chi connectivity index (χ4n) is 5.05. The predicted octanol–water partition coefficient (Wildman–Crippen LogP) is 5.75. The second-order valence-electron chi connectivity index (χ2n) is 8.51. The number of fused-ring (bicyclic) bond motifs is 4. The van der Waals surface area contributed by atoms with Gasteiger partial charge < -0.3 is 14.4 Å². The number of benzene rings is 2. The van der Waals surface area contributed by atoms with Crippen LogP contribution >= 0.6 is 23.2 Å². The Hall–Kier alpha value is -1.95. The third kappa shape index (κ3) is 3.57. The molecule has 1 atom stereocenters. The van der Waals surface area contributed by atoms with E-state index in [9.17, 15) is 0 Å². The third-order valence-electron chi connectivity index (χ3n) is 6.64. The average Bonchev–Trinajstić information content (AvgIpc) is 3.24. The number of para-hydroxylation sites is 1. The summed E-state index contributed by atoms with van der Waals surface area (Å²) in [5.74, 6) is 1.65. The Bertz CT molecular complexity index is 1020. The maximum Gasteiger partial charge on any atom is 0.200 e. The Morgan fingerprint density at radius 1 is 1.16 bits per heavy atom. The van der Waals surface area contributed by atoms with Crippen LogP contribution in [-0.4, -0.2) is 48.1 Å². The van der Waals surface area contributed by atoms with E-state index in [0.29, 0.717) is 10.0 Å². The molecule has 3 heterocycles. The summed E-state index contributed by atoms with van der Waals surface area (Å²) in [6.45, 7) is 5.35. The quantitative estimate of drug-likeness (QED) is 0.583. The van der Waals surface area contributed by atoms with Gasteiger partial charge in [-0.25, -0.2) is 5.01 Å². The van der Waals surface area contributed by atoms with E-state index in [2.05, 4.69) is 22.9 Å². The lowest BCUT2D eigenvalue weighted by Crippen LogP contribution is -2.59. The smallest absolute Gasteiger partial charge is 0.200 e. The Morgan fingerprint density at radius 3 is 2.68 bits per heavy atom. The minimum Gasteiger partial charge on any atom is -0.493 e. The van der Waals surface area contributed by atoms with Gasteiger partial charge in [0.1, 0.15) is 0 Å². The summed E-state index contributed by atoms with van der Waals surface area (Å²) in [6.07, 6.45) is 3.76. The van der Waals surface area contributed by atoms with Crippen LogP contribution in [-0.2, 0) is 0 Å². The van der Waals surface area contributed by atoms with Gasteiger partial charge in [-0.3, -0.25) is 0 Å². The van der Waals surface area contributed by atoms with Gasteiger partial charge >= 0.3 is 0 Å². The highest BCUT2D eigenvalue weighted by Crippen LogP contribution is 2.52. The first-order chi connectivity index (χ1) is 15.0. The highest BCUT2D eigenvalue weighted by molar-refractivity contribution is 6.42. The number of likely N-dealkylation sites (tertiary alicyclic amines) is 1. The molecule has 3 aliphatic heterocycles. The molecule has 7 heteroatoms. The number of methoxy groups -OCH3 is 1. The summed E-state index contributed by atoms with van der Waals surface area (Å²) >= 11 is 12.5. The number of hydrogen-bond acceptors (Lipinski definition) is 5. The summed E-state index contributed by atoms with van der Waals surface area (Å²) in [7, 11) is 1.70. The van der Waals surface area contributed by atoms with Crippen molar-refractivity contribution in [2.75, 3.05) is 26.7 Å². The molecular weight excluding hydrogens is 433 g/mol. The van der Waals surface area contributed by atoms with E-state index < -0.39 is 5.72 Å². The van der Waals surface area contributed by atoms with Gasteiger partial charge in [-0.2, -0.15) is 5.10 Å². The number of rotatable bonds is 4. The van der Waals surface area contributed by atoms with Crippen molar-refractivity contribution < 1.29 is 9.47 Å². The second-order valence-corrected chi connectivity index (χ2v) is 9.32. The minimum absolute atomic E-state index is 0.112. The fourth-order valence-corrected chi connectivity index (χ4v) is 5.35. The topological polar surface area (TPSA) is 37.3 Å². The standard InChI is InChI=1S/C24H27Cl2N3O2/c1-3-11-28-12-9-24(10-13-28)29-21(17-5-4-6-22(30-2)23(17)31-24)15-20(27-29)16-7-8-18(25)19(26)14-16/h4-8,14,21H,3,9-13,15H2,1-2H3/t21-/m1/s1. The van der Waals surface area contributed by atoms with E-state index in [1.165, 1.54) is 0 Å². The van der Waals surface area contributed by atoms with E-state index in [1.807, 2.05) is 30.3 Å². The Labute approximate surface area is 193 Å². The first-order valence-corrected chi connectivity index (χ1v) is 11.7. The zero-order valence-corrected chi connectivity index (χ0v) is 19.4. The van der Waals surface area contributed by atoms with E-state index in [4.69, 9.17) is 37.8 Å². The van der Waals surface area contributed by atoms with Gasteiger partial charge in [0, 0.05) is 37.9 Å². The molecule has 2 aromatic rings. The lowest BCUT2D eigenvalue weighted by atomic mass is 9.90. The second kappa shape index (κ2) is 8.19. The molecule has 0 amide bonds. The van der Waals surface area contributed by atoms with Gasteiger partial charge in [-0.05, 0) is 36.7 Å². The van der Waals surface area contributed by atoms with Gasteiger partial charge in [0.05, 0.1) is 28.9 Å². The SMILES string of the molecule is CCCN1CCC2(CC1)Oc1c(OC)cccc1[C@H]1CC(c3ccc(Cl)c(Cl)c3)=NN12. The molecule has 5 rings (SSSR count). The van der Waals surface area contributed by atoms with E-state index >= 15 is 0 Å². The van der Waals surface area contributed by atoms with Crippen molar-refractivity contribution in [3.8, 4) is 11.5 Å². The van der Waals surface area contributed by atoms with Crippen molar-refractivity contribution in [1.82, 2.24) is 9.91 Å². The number of halogens is 2. The molecule has 0 N–H and O–H groups in total. The molecule has 1 saturated heterocycles. The molecule has 164 valence electrons. The molecule has 0 radical (unpaired) electrons. The molecule has 2 aromatic carbocycles. The van der Waals surface area contributed by atoms with Crippen LogP contribution < -0.4 is 9.47 Å². The van der Waals surface area contributed by atoms with E-state index in [-0.39, 0.29) is 6.04 Å². The Balaban J connectivity index is 1.55. The largest absolute Gasteiger partial charge is 0.493 e. The van der Waals surface area contributed by atoms with Crippen LogP contribution in [0.15, 0.2) is 41.5 Å². The van der Waals surface area contributed by atoms with Crippen molar-refractivity contribution in [3.63, 3.8) is 0 Å². The normalized spacial score (nSPS) is 22.0.